The summed E-state index contributed by atoms with van der Waals surface area (Å²) < 4.78 is 11.9. The van der Waals surface area contributed by atoms with E-state index in [1.54, 1.807) is 0 Å². The first-order valence-corrected chi connectivity index (χ1v) is 10.1. The van der Waals surface area contributed by atoms with Gasteiger partial charge in [-0.3, -0.25) is 4.99 Å². The first-order chi connectivity index (χ1) is 12.2. The van der Waals surface area contributed by atoms with E-state index in [0.29, 0.717) is 12.2 Å². The van der Waals surface area contributed by atoms with Gasteiger partial charge in [0.2, 0.25) is 0 Å². The fraction of sp³-hybridized carbons (Fsp3) is 0.947. The summed E-state index contributed by atoms with van der Waals surface area (Å²) in [6.45, 7) is 7.19. The Morgan fingerprint density at radius 3 is 2.64 bits per heavy atom. The number of piperidine rings is 1. The molecule has 3 fully saturated rings. The van der Waals surface area contributed by atoms with Crippen molar-refractivity contribution in [1.82, 2.24) is 15.1 Å². The average molecular weight is 353 g/mol. The van der Waals surface area contributed by atoms with E-state index in [2.05, 4.69) is 27.2 Å². The summed E-state index contributed by atoms with van der Waals surface area (Å²) in [6, 6.07) is 0. The van der Waals surface area contributed by atoms with Crippen molar-refractivity contribution < 1.29 is 9.47 Å². The lowest BCUT2D eigenvalue weighted by molar-refractivity contribution is -0.0721. The summed E-state index contributed by atoms with van der Waals surface area (Å²) in [7, 11) is 4.10. The van der Waals surface area contributed by atoms with Crippen LogP contribution in [-0.2, 0) is 9.47 Å². The predicted molar refractivity (Wildman–Crippen MR) is 101 cm³/mol. The van der Waals surface area contributed by atoms with Gasteiger partial charge >= 0.3 is 0 Å². The Balaban J connectivity index is 1.34. The van der Waals surface area contributed by atoms with E-state index >= 15 is 0 Å². The minimum atomic E-state index is 0.325. The predicted octanol–water partition coefficient (Wildman–Crippen LogP) is 1.56. The van der Waals surface area contributed by atoms with Gasteiger partial charge in [-0.2, -0.15) is 0 Å². The lowest BCUT2D eigenvalue weighted by atomic mass is 10.1. The van der Waals surface area contributed by atoms with Crippen LogP contribution in [0.4, 0.5) is 0 Å². The molecule has 144 valence electrons. The molecule has 0 radical (unpaired) electrons. The van der Waals surface area contributed by atoms with Crippen molar-refractivity contribution in [2.24, 2.45) is 10.9 Å². The number of guanidine groups is 1. The second kappa shape index (κ2) is 9.74. The molecule has 0 aliphatic carbocycles. The summed E-state index contributed by atoms with van der Waals surface area (Å²) >= 11 is 0. The minimum Gasteiger partial charge on any atom is -0.376 e. The Morgan fingerprint density at radius 1 is 1.16 bits per heavy atom. The van der Waals surface area contributed by atoms with Crippen LogP contribution in [0.25, 0.3) is 0 Å². The van der Waals surface area contributed by atoms with Crippen molar-refractivity contribution in [2.45, 2.75) is 50.7 Å². The monoisotopic (exact) mass is 352 g/mol. The molecule has 1 N–H and O–H groups in total. The lowest BCUT2D eigenvalue weighted by Gasteiger charge is -2.35. The quantitative estimate of drug-likeness (QED) is 0.601. The fourth-order valence-electron chi connectivity index (χ4n) is 4.18. The molecule has 3 aliphatic rings. The lowest BCUT2D eigenvalue weighted by Crippen LogP contribution is -2.48. The van der Waals surface area contributed by atoms with Crippen molar-refractivity contribution >= 4 is 5.96 Å². The normalized spacial score (nSPS) is 30.0. The molecule has 3 aliphatic heterocycles. The van der Waals surface area contributed by atoms with Crippen LogP contribution in [-0.4, -0.2) is 88.0 Å². The maximum absolute atomic E-state index is 6.12. The molecule has 6 heteroatoms. The van der Waals surface area contributed by atoms with Crippen LogP contribution in [0.5, 0.6) is 0 Å². The zero-order valence-corrected chi connectivity index (χ0v) is 16.1. The fourth-order valence-corrected chi connectivity index (χ4v) is 4.18. The summed E-state index contributed by atoms with van der Waals surface area (Å²) in [5.74, 6) is 1.81. The molecule has 0 bridgehead atoms. The van der Waals surface area contributed by atoms with Crippen molar-refractivity contribution in [3.63, 3.8) is 0 Å². The van der Waals surface area contributed by atoms with Gasteiger partial charge in [0.1, 0.15) is 0 Å². The standard InChI is InChI=1S/C19H36N4O2/c1-20-19(21-13-16-6-9-22(2)14-16)23-10-7-17(8-11-23)25-15-18-5-3-4-12-24-18/h16-18H,3-15H2,1-2H3,(H,20,21). The highest BCUT2D eigenvalue weighted by Crippen LogP contribution is 2.18. The number of nitrogens with one attached hydrogen (secondary N) is 1. The molecule has 3 heterocycles. The number of nitrogens with zero attached hydrogens (tertiary/aromatic N) is 3. The first-order valence-electron chi connectivity index (χ1n) is 10.1. The van der Waals surface area contributed by atoms with Crippen LogP contribution < -0.4 is 5.32 Å². The van der Waals surface area contributed by atoms with Gasteiger partial charge < -0.3 is 24.6 Å². The minimum absolute atomic E-state index is 0.325. The summed E-state index contributed by atoms with van der Waals surface area (Å²) in [5, 5.41) is 3.59. The number of ether oxygens (including phenoxy) is 2. The molecule has 6 nitrogen and oxygen atoms in total. The van der Waals surface area contributed by atoms with Gasteiger partial charge in [-0.25, -0.2) is 0 Å². The molecular formula is C19H36N4O2. The zero-order valence-electron chi connectivity index (χ0n) is 16.1. The largest absolute Gasteiger partial charge is 0.376 e. The van der Waals surface area contributed by atoms with Crippen LogP contribution in [0.1, 0.15) is 38.5 Å². The number of aliphatic imine (C=N–C) groups is 1. The molecule has 0 amide bonds. The van der Waals surface area contributed by atoms with Crippen molar-refractivity contribution in [1.29, 1.82) is 0 Å². The van der Waals surface area contributed by atoms with E-state index in [1.807, 2.05) is 7.05 Å². The van der Waals surface area contributed by atoms with Gasteiger partial charge in [-0.1, -0.05) is 0 Å². The second-order valence-corrected chi connectivity index (χ2v) is 7.85. The zero-order chi connectivity index (χ0) is 17.5. The first kappa shape index (κ1) is 18.9. The van der Waals surface area contributed by atoms with Crippen molar-refractivity contribution in [2.75, 3.05) is 60.0 Å². The SMILES string of the molecule is CN=C(NCC1CCN(C)C1)N1CCC(OCC2CCCCO2)CC1. The van der Waals surface area contributed by atoms with E-state index in [0.717, 1.165) is 64.0 Å². The molecule has 3 saturated heterocycles. The van der Waals surface area contributed by atoms with Crippen molar-refractivity contribution in [3.05, 3.63) is 0 Å². The highest BCUT2D eigenvalue weighted by molar-refractivity contribution is 5.79. The third-order valence-corrected chi connectivity index (χ3v) is 5.78. The average Bonchev–Trinajstić information content (AvgIpc) is 3.07. The Labute approximate surface area is 152 Å². The molecule has 2 unspecified atom stereocenters. The molecule has 25 heavy (non-hydrogen) atoms. The Hall–Kier alpha value is -0.850. The van der Waals surface area contributed by atoms with Crippen LogP contribution in [0.3, 0.4) is 0 Å². The van der Waals surface area contributed by atoms with Crippen LogP contribution >= 0.6 is 0 Å². The molecule has 0 aromatic rings. The van der Waals surface area contributed by atoms with E-state index < -0.39 is 0 Å². The topological polar surface area (TPSA) is 49.3 Å². The van der Waals surface area contributed by atoms with Gasteiger partial charge in [-0.15, -0.1) is 0 Å². The smallest absolute Gasteiger partial charge is 0.193 e. The van der Waals surface area contributed by atoms with Gasteiger partial charge in [0.25, 0.3) is 0 Å². The number of hydrogen-bond acceptors (Lipinski definition) is 4. The molecule has 0 spiro atoms. The third kappa shape index (κ3) is 5.83. The molecule has 0 saturated carbocycles. The maximum Gasteiger partial charge on any atom is 0.193 e. The number of rotatable bonds is 5. The van der Waals surface area contributed by atoms with Gasteiger partial charge in [0.15, 0.2) is 5.96 Å². The Bertz CT molecular complexity index is 418. The second-order valence-electron chi connectivity index (χ2n) is 7.85. The highest BCUT2D eigenvalue weighted by atomic mass is 16.5. The molecular weight excluding hydrogens is 316 g/mol. The Morgan fingerprint density at radius 2 is 2.00 bits per heavy atom. The third-order valence-electron chi connectivity index (χ3n) is 5.78. The summed E-state index contributed by atoms with van der Waals surface area (Å²) in [5.41, 5.74) is 0. The number of likely N-dealkylation sites (tertiary alicyclic amines) is 2. The van der Waals surface area contributed by atoms with Gasteiger partial charge in [0.05, 0.1) is 18.8 Å². The number of hydrogen-bond donors (Lipinski definition) is 1. The maximum atomic E-state index is 6.12. The molecule has 3 rings (SSSR count). The Kier molecular flexibility index (Phi) is 7.37. The molecule has 0 aromatic heterocycles. The van der Waals surface area contributed by atoms with Crippen LogP contribution in [0, 0.1) is 5.92 Å². The van der Waals surface area contributed by atoms with E-state index in [9.17, 15) is 0 Å². The molecule has 2 atom stereocenters. The summed E-state index contributed by atoms with van der Waals surface area (Å²) in [6.07, 6.45) is 7.81. The summed E-state index contributed by atoms with van der Waals surface area (Å²) in [4.78, 5) is 9.29. The van der Waals surface area contributed by atoms with E-state index in [-0.39, 0.29) is 0 Å². The molecule has 0 aromatic carbocycles. The van der Waals surface area contributed by atoms with E-state index in [4.69, 9.17) is 9.47 Å². The highest BCUT2D eigenvalue weighted by Gasteiger charge is 2.25. The van der Waals surface area contributed by atoms with Crippen molar-refractivity contribution in [3.8, 4) is 0 Å². The van der Waals surface area contributed by atoms with E-state index in [1.165, 1.54) is 32.4 Å². The van der Waals surface area contributed by atoms with Crippen LogP contribution in [0.2, 0.25) is 0 Å². The van der Waals surface area contributed by atoms with Gasteiger partial charge in [0, 0.05) is 39.8 Å². The van der Waals surface area contributed by atoms with Gasteiger partial charge in [-0.05, 0) is 58.0 Å². The van der Waals surface area contributed by atoms with Crippen LogP contribution in [0.15, 0.2) is 4.99 Å².